The molecule has 1 N–H and O–H groups in total. The molecule has 0 saturated carbocycles. The van der Waals surface area contributed by atoms with Gasteiger partial charge in [0.05, 0.1) is 4.90 Å². The summed E-state index contributed by atoms with van der Waals surface area (Å²) in [5.74, 6) is -0.350. The molecule has 0 heterocycles. The van der Waals surface area contributed by atoms with Gasteiger partial charge in [0, 0.05) is 37.1 Å². The van der Waals surface area contributed by atoms with Gasteiger partial charge >= 0.3 is 0 Å². The Morgan fingerprint density at radius 2 is 1.56 bits per heavy atom. The quantitative estimate of drug-likeness (QED) is 0.759. The van der Waals surface area contributed by atoms with E-state index < -0.39 is 10.0 Å². The van der Waals surface area contributed by atoms with Crippen LogP contribution in [0.5, 0.6) is 0 Å². The van der Waals surface area contributed by atoms with Gasteiger partial charge in [-0.1, -0.05) is 36.4 Å². The summed E-state index contributed by atoms with van der Waals surface area (Å²) in [7, 11) is 0.139. The van der Waals surface area contributed by atoms with Crippen molar-refractivity contribution in [2.75, 3.05) is 19.0 Å². The highest BCUT2D eigenvalue weighted by molar-refractivity contribution is 7.89. The van der Waals surface area contributed by atoms with Gasteiger partial charge in [-0.25, -0.2) is 17.5 Å². The van der Waals surface area contributed by atoms with Crippen LogP contribution in [0, 0.1) is 5.82 Å². The molecule has 0 unspecified atom stereocenters. The molecular weight excluding hydrogens is 339 g/mol. The molecule has 0 aliphatic heterocycles. The topological polar surface area (TPSA) is 49.4 Å². The molecule has 0 aliphatic rings. The molecular formula is C19H19FN2O2S. The van der Waals surface area contributed by atoms with E-state index >= 15 is 0 Å². The second kappa shape index (κ2) is 6.82. The highest BCUT2D eigenvalue weighted by atomic mass is 32.2. The van der Waals surface area contributed by atoms with Crippen molar-refractivity contribution in [2.45, 2.75) is 11.4 Å². The van der Waals surface area contributed by atoms with Crippen molar-refractivity contribution in [2.24, 2.45) is 0 Å². The van der Waals surface area contributed by atoms with Crippen LogP contribution in [0.15, 0.2) is 65.6 Å². The van der Waals surface area contributed by atoms with E-state index in [2.05, 4.69) is 4.72 Å². The maximum absolute atomic E-state index is 13.0. The number of nitrogens with zero attached hydrogens (tertiary/aromatic N) is 1. The van der Waals surface area contributed by atoms with Gasteiger partial charge in [0.1, 0.15) is 5.82 Å². The Kier molecular flexibility index (Phi) is 4.74. The number of rotatable bonds is 5. The first-order chi connectivity index (χ1) is 11.9. The molecule has 3 rings (SSSR count). The summed E-state index contributed by atoms with van der Waals surface area (Å²) >= 11 is 0. The molecule has 0 atom stereocenters. The Morgan fingerprint density at radius 1 is 0.920 bits per heavy atom. The number of anilines is 1. The Labute approximate surface area is 147 Å². The van der Waals surface area contributed by atoms with E-state index in [-0.39, 0.29) is 17.3 Å². The minimum Gasteiger partial charge on any atom is -0.377 e. The average Bonchev–Trinajstić information content (AvgIpc) is 2.60. The van der Waals surface area contributed by atoms with Crippen molar-refractivity contribution < 1.29 is 12.8 Å². The fourth-order valence-corrected chi connectivity index (χ4v) is 3.98. The van der Waals surface area contributed by atoms with Gasteiger partial charge in [0.15, 0.2) is 0 Å². The van der Waals surface area contributed by atoms with Gasteiger partial charge in [0.2, 0.25) is 10.0 Å². The monoisotopic (exact) mass is 358 g/mol. The van der Waals surface area contributed by atoms with Gasteiger partial charge in [-0.3, -0.25) is 0 Å². The van der Waals surface area contributed by atoms with Crippen LogP contribution in [0.2, 0.25) is 0 Å². The summed E-state index contributed by atoms with van der Waals surface area (Å²) in [6.45, 7) is 0.104. The Balaban J connectivity index is 1.97. The minimum atomic E-state index is -3.70. The molecule has 0 amide bonds. The molecule has 6 heteroatoms. The zero-order valence-electron chi connectivity index (χ0n) is 14.0. The third-order valence-electron chi connectivity index (χ3n) is 4.01. The van der Waals surface area contributed by atoms with E-state index in [9.17, 15) is 12.8 Å². The number of hydrogen-bond donors (Lipinski definition) is 1. The molecule has 0 aliphatic carbocycles. The third-order valence-corrected chi connectivity index (χ3v) is 5.47. The Hall–Kier alpha value is -2.44. The maximum atomic E-state index is 13.0. The number of hydrogen-bond acceptors (Lipinski definition) is 3. The van der Waals surface area contributed by atoms with Crippen LogP contribution >= 0.6 is 0 Å². The van der Waals surface area contributed by atoms with Crippen molar-refractivity contribution in [3.05, 3.63) is 72.0 Å². The van der Waals surface area contributed by atoms with Gasteiger partial charge < -0.3 is 4.90 Å². The molecule has 25 heavy (non-hydrogen) atoms. The van der Waals surface area contributed by atoms with Crippen molar-refractivity contribution in [3.8, 4) is 0 Å². The third kappa shape index (κ3) is 3.65. The summed E-state index contributed by atoms with van der Waals surface area (Å²) in [5, 5.41) is 1.54. The lowest BCUT2D eigenvalue weighted by molar-refractivity contribution is 0.582. The second-order valence-electron chi connectivity index (χ2n) is 5.97. The number of fused-ring (bicyclic) bond motifs is 1. The van der Waals surface area contributed by atoms with Gasteiger partial charge in [-0.2, -0.15) is 0 Å². The van der Waals surface area contributed by atoms with Gasteiger partial charge in [0.25, 0.3) is 0 Å². The van der Waals surface area contributed by atoms with E-state index in [1.165, 1.54) is 12.1 Å². The predicted octanol–water partition coefficient (Wildman–Crippen LogP) is 3.52. The lowest BCUT2D eigenvalue weighted by atomic mass is 10.1. The van der Waals surface area contributed by atoms with Crippen LogP contribution in [0.1, 0.15) is 5.56 Å². The van der Waals surface area contributed by atoms with Crippen LogP contribution in [-0.4, -0.2) is 22.5 Å². The number of benzene rings is 3. The minimum absolute atomic E-state index is 0.104. The number of sulfonamides is 1. The number of nitrogens with one attached hydrogen (secondary N) is 1. The summed E-state index contributed by atoms with van der Waals surface area (Å²) in [6.07, 6.45) is 0. The summed E-state index contributed by atoms with van der Waals surface area (Å²) in [6, 6.07) is 16.6. The van der Waals surface area contributed by atoms with Crippen LogP contribution in [0.4, 0.5) is 10.1 Å². The highest BCUT2D eigenvalue weighted by Gasteiger charge is 2.18. The summed E-state index contributed by atoms with van der Waals surface area (Å²) < 4.78 is 41.1. The molecule has 4 nitrogen and oxygen atoms in total. The highest BCUT2D eigenvalue weighted by Crippen LogP contribution is 2.30. The molecule has 0 spiro atoms. The zero-order chi connectivity index (χ0) is 18.0. The van der Waals surface area contributed by atoms with Crippen LogP contribution in [-0.2, 0) is 16.6 Å². The first kappa shape index (κ1) is 17.4. The summed E-state index contributed by atoms with van der Waals surface area (Å²) in [4.78, 5) is 2.18. The van der Waals surface area contributed by atoms with Gasteiger partial charge in [-0.15, -0.1) is 0 Å². The lowest BCUT2D eigenvalue weighted by Crippen LogP contribution is -2.23. The first-order valence-electron chi connectivity index (χ1n) is 7.82. The standard InChI is InChI=1S/C19H19FN2O2S/c1-22(2)18-7-3-6-17-16(18)5-4-8-19(17)25(23,24)21-13-14-9-11-15(20)12-10-14/h3-12,21H,13H2,1-2H3. The lowest BCUT2D eigenvalue weighted by Gasteiger charge is -2.17. The molecule has 0 bridgehead atoms. The van der Waals surface area contributed by atoms with Crippen molar-refractivity contribution in [1.82, 2.24) is 4.72 Å². The largest absolute Gasteiger partial charge is 0.377 e. The number of halogens is 1. The van der Waals surface area contributed by atoms with Crippen LogP contribution < -0.4 is 9.62 Å². The fourth-order valence-electron chi connectivity index (χ4n) is 2.75. The summed E-state index contributed by atoms with van der Waals surface area (Å²) in [5.41, 5.74) is 1.65. The van der Waals surface area contributed by atoms with E-state index in [0.29, 0.717) is 10.9 Å². The predicted molar refractivity (Wildman–Crippen MR) is 98.7 cm³/mol. The van der Waals surface area contributed by atoms with Crippen molar-refractivity contribution in [3.63, 3.8) is 0 Å². The first-order valence-corrected chi connectivity index (χ1v) is 9.30. The van der Waals surface area contributed by atoms with E-state index in [1.54, 1.807) is 30.3 Å². The van der Waals surface area contributed by atoms with Gasteiger partial charge in [-0.05, 0) is 29.8 Å². The van der Waals surface area contributed by atoms with E-state index in [0.717, 1.165) is 11.1 Å². The van der Waals surface area contributed by atoms with Crippen molar-refractivity contribution in [1.29, 1.82) is 0 Å². The molecule has 3 aromatic carbocycles. The molecule has 3 aromatic rings. The molecule has 0 saturated heterocycles. The zero-order valence-corrected chi connectivity index (χ0v) is 14.8. The molecule has 0 aromatic heterocycles. The smallest absolute Gasteiger partial charge is 0.241 e. The van der Waals surface area contributed by atoms with E-state index in [1.807, 2.05) is 37.2 Å². The fraction of sp³-hybridized carbons (Fsp3) is 0.158. The maximum Gasteiger partial charge on any atom is 0.241 e. The molecule has 0 radical (unpaired) electrons. The molecule has 130 valence electrons. The average molecular weight is 358 g/mol. The van der Waals surface area contributed by atoms with Crippen LogP contribution in [0.25, 0.3) is 10.8 Å². The molecule has 0 fully saturated rings. The SMILES string of the molecule is CN(C)c1cccc2c(S(=O)(=O)NCc3ccc(F)cc3)cccc12. The van der Waals surface area contributed by atoms with E-state index in [4.69, 9.17) is 0 Å². The normalized spacial score (nSPS) is 11.6. The van der Waals surface area contributed by atoms with Crippen molar-refractivity contribution >= 4 is 26.5 Å². The second-order valence-corrected chi connectivity index (χ2v) is 7.71. The Morgan fingerprint density at radius 3 is 2.24 bits per heavy atom. The van der Waals surface area contributed by atoms with Crippen LogP contribution in [0.3, 0.4) is 0 Å². The Bertz CT molecular complexity index is 1000.